The highest BCUT2D eigenvalue weighted by molar-refractivity contribution is 7.46. The second-order valence-corrected chi connectivity index (χ2v) is 12.8. The quantitative estimate of drug-likeness (QED) is 0.0239. The van der Waals surface area contributed by atoms with Crippen molar-refractivity contribution in [3.63, 3.8) is 0 Å². The molecular formula is C41H63O8P. The molecule has 0 heterocycles. The third kappa shape index (κ3) is 37.5. The number of carbonyl (C=O) groups excluding carboxylic acids is 2. The van der Waals surface area contributed by atoms with Crippen molar-refractivity contribution >= 4 is 19.8 Å². The second kappa shape index (κ2) is 35.5. The maximum Gasteiger partial charge on any atom is 0.469 e. The van der Waals surface area contributed by atoms with Crippen LogP contribution in [0.3, 0.4) is 0 Å². The summed E-state index contributed by atoms with van der Waals surface area (Å²) in [6.07, 6.45) is 49.6. The molecule has 0 fully saturated rings. The number of phosphoric ester groups is 1. The van der Waals surface area contributed by atoms with Gasteiger partial charge in [0, 0.05) is 12.8 Å². The fourth-order valence-electron chi connectivity index (χ4n) is 4.27. The molecule has 0 saturated heterocycles. The van der Waals surface area contributed by atoms with Gasteiger partial charge in [0.1, 0.15) is 6.61 Å². The van der Waals surface area contributed by atoms with Crippen molar-refractivity contribution in [3.05, 3.63) is 109 Å². The van der Waals surface area contributed by atoms with E-state index in [-0.39, 0.29) is 19.4 Å². The van der Waals surface area contributed by atoms with Crippen molar-refractivity contribution in [1.82, 2.24) is 0 Å². The molecule has 0 rings (SSSR count). The number of ether oxygens (including phenoxy) is 2. The van der Waals surface area contributed by atoms with Crippen LogP contribution in [0.2, 0.25) is 0 Å². The summed E-state index contributed by atoms with van der Waals surface area (Å²) >= 11 is 0. The van der Waals surface area contributed by atoms with Gasteiger partial charge in [0.2, 0.25) is 0 Å². The van der Waals surface area contributed by atoms with Gasteiger partial charge in [-0.05, 0) is 64.2 Å². The number of hydrogen-bond acceptors (Lipinski definition) is 6. The van der Waals surface area contributed by atoms with E-state index in [1.807, 2.05) is 54.7 Å². The first-order chi connectivity index (χ1) is 24.3. The molecule has 2 N–H and O–H groups in total. The smallest absolute Gasteiger partial charge is 0.462 e. The molecule has 0 aliphatic heterocycles. The topological polar surface area (TPSA) is 119 Å². The Morgan fingerprint density at radius 2 is 1.02 bits per heavy atom. The highest BCUT2D eigenvalue weighted by atomic mass is 31.2. The highest BCUT2D eigenvalue weighted by Crippen LogP contribution is 2.35. The summed E-state index contributed by atoms with van der Waals surface area (Å²) in [6, 6.07) is 0. The minimum atomic E-state index is -4.78. The zero-order chi connectivity index (χ0) is 36.8. The Kier molecular flexibility index (Phi) is 33.2. The molecular weight excluding hydrogens is 651 g/mol. The van der Waals surface area contributed by atoms with Crippen molar-refractivity contribution in [2.45, 2.75) is 123 Å². The van der Waals surface area contributed by atoms with Gasteiger partial charge in [-0.1, -0.05) is 149 Å². The summed E-state index contributed by atoms with van der Waals surface area (Å²) < 4.78 is 26.2. The van der Waals surface area contributed by atoms with Crippen molar-refractivity contribution in [2.75, 3.05) is 13.2 Å². The molecule has 1 unspecified atom stereocenters. The molecule has 1 atom stereocenters. The number of carbonyl (C=O) groups is 2. The first kappa shape index (κ1) is 46.7. The van der Waals surface area contributed by atoms with E-state index in [4.69, 9.17) is 19.3 Å². The summed E-state index contributed by atoms with van der Waals surface area (Å²) in [7, 11) is -4.78. The number of unbranched alkanes of at least 4 members (excludes halogenated alkanes) is 7. The minimum Gasteiger partial charge on any atom is -0.462 e. The van der Waals surface area contributed by atoms with Crippen molar-refractivity contribution in [1.29, 1.82) is 0 Å². The summed E-state index contributed by atoms with van der Waals surface area (Å²) in [5.41, 5.74) is 0. The van der Waals surface area contributed by atoms with Gasteiger partial charge in [0.15, 0.2) is 6.10 Å². The Bertz CT molecular complexity index is 1170. The van der Waals surface area contributed by atoms with Crippen molar-refractivity contribution in [2.24, 2.45) is 0 Å². The number of rotatable bonds is 31. The van der Waals surface area contributed by atoms with Crippen LogP contribution in [0, 0.1) is 0 Å². The summed E-state index contributed by atoms with van der Waals surface area (Å²) in [5, 5.41) is 0. The van der Waals surface area contributed by atoms with Crippen molar-refractivity contribution in [3.8, 4) is 0 Å². The van der Waals surface area contributed by atoms with E-state index in [2.05, 4.69) is 73.1 Å². The lowest BCUT2D eigenvalue weighted by molar-refractivity contribution is -0.161. The second-order valence-electron chi connectivity index (χ2n) is 11.6. The molecule has 280 valence electrons. The van der Waals surface area contributed by atoms with Crippen LogP contribution in [-0.4, -0.2) is 41.0 Å². The molecule has 0 aromatic heterocycles. The van der Waals surface area contributed by atoms with E-state index in [0.29, 0.717) is 19.3 Å². The Balaban J connectivity index is 4.12. The first-order valence-corrected chi connectivity index (χ1v) is 19.8. The van der Waals surface area contributed by atoms with Gasteiger partial charge in [0.25, 0.3) is 0 Å². The van der Waals surface area contributed by atoms with Crippen LogP contribution in [-0.2, 0) is 28.2 Å². The average molecular weight is 715 g/mol. The molecule has 9 heteroatoms. The predicted molar refractivity (Wildman–Crippen MR) is 206 cm³/mol. The van der Waals surface area contributed by atoms with Crippen LogP contribution >= 0.6 is 7.82 Å². The molecule has 8 nitrogen and oxygen atoms in total. The van der Waals surface area contributed by atoms with Gasteiger partial charge in [0.05, 0.1) is 6.61 Å². The van der Waals surface area contributed by atoms with E-state index in [1.54, 1.807) is 0 Å². The third-order valence-corrected chi connectivity index (χ3v) is 7.40. The van der Waals surface area contributed by atoms with E-state index in [1.165, 1.54) is 0 Å². The van der Waals surface area contributed by atoms with Crippen LogP contribution in [0.4, 0.5) is 0 Å². The zero-order valence-corrected chi connectivity index (χ0v) is 31.4. The molecule has 0 aromatic rings. The van der Waals surface area contributed by atoms with E-state index >= 15 is 0 Å². The van der Waals surface area contributed by atoms with Gasteiger partial charge in [-0.15, -0.1) is 0 Å². The van der Waals surface area contributed by atoms with Crippen LogP contribution < -0.4 is 0 Å². The molecule has 0 saturated carbocycles. The first-order valence-electron chi connectivity index (χ1n) is 18.2. The normalized spacial score (nSPS) is 13.8. The zero-order valence-electron chi connectivity index (χ0n) is 30.5. The van der Waals surface area contributed by atoms with Gasteiger partial charge < -0.3 is 19.3 Å². The van der Waals surface area contributed by atoms with Gasteiger partial charge in [-0.25, -0.2) is 4.57 Å². The Hall–Kier alpha value is -3.29. The molecule has 0 aliphatic carbocycles. The third-order valence-electron chi connectivity index (χ3n) is 6.91. The SMILES string of the molecule is CC/C=C/C=C/C=C/C=C/C=C/CCCC(=O)OC(COC(=O)CCCCCCCC/C=C/C/C=C/C/C=C/C/C=C/CC)COP(=O)(O)O. The lowest BCUT2D eigenvalue weighted by atomic mass is 10.1. The Morgan fingerprint density at radius 1 is 0.540 bits per heavy atom. The van der Waals surface area contributed by atoms with Crippen LogP contribution in [0.1, 0.15) is 117 Å². The molecule has 0 amide bonds. The summed E-state index contributed by atoms with van der Waals surface area (Å²) in [5.74, 6) is -1.00. The lowest BCUT2D eigenvalue weighted by Crippen LogP contribution is -2.29. The maximum absolute atomic E-state index is 12.3. The van der Waals surface area contributed by atoms with E-state index in [9.17, 15) is 14.2 Å². The van der Waals surface area contributed by atoms with Gasteiger partial charge >= 0.3 is 19.8 Å². The van der Waals surface area contributed by atoms with Gasteiger partial charge in [-0.2, -0.15) is 0 Å². The van der Waals surface area contributed by atoms with Crippen LogP contribution in [0.25, 0.3) is 0 Å². The predicted octanol–water partition coefficient (Wildman–Crippen LogP) is 10.8. The highest BCUT2D eigenvalue weighted by Gasteiger charge is 2.22. The van der Waals surface area contributed by atoms with Crippen molar-refractivity contribution < 1.29 is 37.9 Å². The van der Waals surface area contributed by atoms with Crippen LogP contribution in [0.5, 0.6) is 0 Å². The molecule has 0 bridgehead atoms. The fourth-order valence-corrected chi connectivity index (χ4v) is 4.63. The van der Waals surface area contributed by atoms with E-state index in [0.717, 1.165) is 70.6 Å². The molecule has 0 spiro atoms. The monoisotopic (exact) mass is 714 g/mol. The van der Waals surface area contributed by atoms with Crippen LogP contribution in [0.15, 0.2) is 109 Å². The number of allylic oxidation sites excluding steroid dienone is 18. The Morgan fingerprint density at radius 3 is 1.62 bits per heavy atom. The number of hydrogen-bond donors (Lipinski definition) is 2. The fraction of sp³-hybridized carbons (Fsp3) is 0.512. The molecule has 50 heavy (non-hydrogen) atoms. The summed E-state index contributed by atoms with van der Waals surface area (Å²) in [6.45, 7) is 3.32. The molecule has 0 aromatic carbocycles. The molecule has 0 aliphatic rings. The number of esters is 2. The Labute approximate surface area is 302 Å². The lowest BCUT2D eigenvalue weighted by Gasteiger charge is -2.18. The minimum absolute atomic E-state index is 0.105. The number of phosphoric acid groups is 1. The molecule has 0 radical (unpaired) electrons. The maximum atomic E-state index is 12.3. The van der Waals surface area contributed by atoms with Gasteiger partial charge in [-0.3, -0.25) is 14.1 Å². The standard InChI is InChI=1S/C41H63O8P/c1-3-5-7-9-11-13-15-17-18-19-20-21-22-24-25-27-29-31-33-35-40(42)47-37-39(38-48-50(44,45)46)49-41(43)36-34-32-30-28-26-23-16-14-12-10-8-6-4-2/h5-8,10-14,16-18,20-21,23,26,28,30,39H,3-4,9,15,19,22,24-25,27,29,31-38H2,1-2H3,(H2,44,45,46)/b7-5+,8-6+,12-10+,13-11+,16-14+,18-17+,21-20+,26-23+,30-28+. The summed E-state index contributed by atoms with van der Waals surface area (Å²) in [4.78, 5) is 42.6. The largest absolute Gasteiger partial charge is 0.469 e. The van der Waals surface area contributed by atoms with E-state index < -0.39 is 32.5 Å². The average Bonchev–Trinajstić information content (AvgIpc) is 3.08.